The number of nitrogens with one attached hydrogen (secondary N) is 2. The third-order valence-electron chi connectivity index (χ3n) is 5.10. The number of carbonyl (C=O) groups is 1. The third-order valence-corrected chi connectivity index (χ3v) is 5.10. The molecule has 3 aromatic rings. The molecule has 0 aliphatic carbocycles. The Bertz CT molecular complexity index is 1020. The highest BCUT2D eigenvalue weighted by Gasteiger charge is 2.29. The number of pyridine rings is 1. The molecule has 0 saturated heterocycles. The van der Waals surface area contributed by atoms with E-state index < -0.39 is 0 Å². The van der Waals surface area contributed by atoms with Gasteiger partial charge in [-0.05, 0) is 24.1 Å². The van der Waals surface area contributed by atoms with Crippen LogP contribution in [0.5, 0.6) is 0 Å². The van der Waals surface area contributed by atoms with Gasteiger partial charge < -0.3 is 15.5 Å². The van der Waals surface area contributed by atoms with Gasteiger partial charge >= 0.3 is 0 Å². The number of halogens is 1. The first-order valence-electron chi connectivity index (χ1n) is 9.57. The van der Waals surface area contributed by atoms with E-state index in [1.807, 2.05) is 35.8 Å². The predicted octanol–water partition coefficient (Wildman–Crippen LogP) is 3.24. The molecule has 0 saturated carbocycles. The van der Waals surface area contributed by atoms with E-state index in [9.17, 15) is 9.18 Å². The Kier molecular flexibility index (Phi) is 5.16. The molecule has 1 aliphatic rings. The molecule has 0 fully saturated rings. The number of amides is 1. The topological polar surface area (TPSA) is 75.1 Å². The van der Waals surface area contributed by atoms with Crippen LogP contribution in [0.15, 0.2) is 48.9 Å². The van der Waals surface area contributed by atoms with E-state index in [1.54, 1.807) is 24.5 Å². The number of benzene rings is 1. The summed E-state index contributed by atoms with van der Waals surface area (Å²) in [7, 11) is 1.93. The van der Waals surface area contributed by atoms with Gasteiger partial charge in [-0.25, -0.2) is 9.37 Å². The molecule has 2 aromatic heterocycles. The van der Waals surface area contributed by atoms with Crippen LogP contribution in [-0.2, 0) is 17.9 Å². The molecule has 2 N–H and O–H groups in total. The van der Waals surface area contributed by atoms with Crippen LogP contribution in [0.2, 0.25) is 0 Å². The number of nitrogens with zero attached hydrogens (tertiary/aromatic N) is 4. The van der Waals surface area contributed by atoms with Crippen LogP contribution in [0.25, 0.3) is 0 Å². The molecule has 7 nitrogen and oxygen atoms in total. The van der Waals surface area contributed by atoms with E-state index in [-0.39, 0.29) is 17.8 Å². The maximum absolute atomic E-state index is 13.0. The lowest BCUT2D eigenvalue weighted by Gasteiger charge is -2.34. The molecule has 1 atom stereocenters. The van der Waals surface area contributed by atoms with Crippen molar-refractivity contribution in [1.29, 1.82) is 0 Å². The molecular formula is C21H23FN6O. The first-order valence-corrected chi connectivity index (χ1v) is 9.57. The zero-order chi connectivity index (χ0) is 20.4. The quantitative estimate of drug-likeness (QED) is 0.671. The maximum Gasteiger partial charge on any atom is 0.247 e. The molecule has 150 valence electrons. The van der Waals surface area contributed by atoms with Gasteiger partial charge in [0.2, 0.25) is 5.91 Å². The average molecular weight is 394 g/mol. The first kappa shape index (κ1) is 18.9. The third kappa shape index (κ3) is 4.06. The number of fused-ring (bicyclic) bond motifs is 1. The van der Waals surface area contributed by atoms with E-state index >= 15 is 0 Å². The number of rotatable bonds is 6. The summed E-state index contributed by atoms with van der Waals surface area (Å²) in [4.78, 5) is 18.5. The molecule has 0 spiro atoms. The fourth-order valence-electron chi connectivity index (χ4n) is 3.50. The van der Waals surface area contributed by atoms with Crippen molar-refractivity contribution < 1.29 is 9.18 Å². The second kappa shape index (κ2) is 7.90. The van der Waals surface area contributed by atoms with Gasteiger partial charge in [0.1, 0.15) is 17.7 Å². The molecule has 29 heavy (non-hydrogen) atoms. The Hall–Kier alpha value is -3.42. The van der Waals surface area contributed by atoms with Crippen LogP contribution < -0.4 is 15.5 Å². The van der Waals surface area contributed by atoms with Crippen molar-refractivity contribution in [3.8, 4) is 0 Å². The summed E-state index contributed by atoms with van der Waals surface area (Å²) < 4.78 is 14.8. The number of likely N-dealkylation sites (N-methyl/N-ethyl adjacent to an activating group) is 1. The molecule has 0 bridgehead atoms. The summed E-state index contributed by atoms with van der Waals surface area (Å²) in [5.41, 5.74) is 3.67. The fraction of sp³-hybridized carbons (Fsp3) is 0.286. The molecule has 3 heterocycles. The Morgan fingerprint density at radius 1 is 1.21 bits per heavy atom. The first-order chi connectivity index (χ1) is 14.0. The van der Waals surface area contributed by atoms with Crippen LogP contribution >= 0.6 is 0 Å². The van der Waals surface area contributed by atoms with Crippen LogP contribution in [0.1, 0.15) is 24.5 Å². The van der Waals surface area contributed by atoms with E-state index in [2.05, 4.69) is 20.7 Å². The SMILES string of the molecule is CCC1C(=O)Nc2cnc(NCc3cnn(Cc4ccc(F)cc4)c3)cc2N1C. The lowest BCUT2D eigenvalue weighted by Crippen LogP contribution is -2.45. The average Bonchev–Trinajstić information content (AvgIpc) is 3.16. The van der Waals surface area contributed by atoms with Crippen molar-refractivity contribution in [2.24, 2.45) is 0 Å². The van der Waals surface area contributed by atoms with E-state index in [0.717, 1.165) is 34.7 Å². The minimum Gasteiger partial charge on any atom is -0.366 e. The fourth-order valence-corrected chi connectivity index (χ4v) is 3.50. The van der Waals surface area contributed by atoms with E-state index in [1.165, 1.54) is 12.1 Å². The normalized spacial score (nSPS) is 15.8. The van der Waals surface area contributed by atoms with Gasteiger partial charge in [0.25, 0.3) is 0 Å². The van der Waals surface area contributed by atoms with Crippen molar-refractivity contribution in [1.82, 2.24) is 14.8 Å². The Labute approximate surface area is 168 Å². The lowest BCUT2D eigenvalue weighted by atomic mass is 10.1. The van der Waals surface area contributed by atoms with Gasteiger partial charge in [-0.3, -0.25) is 9.48 Å². The van der Waals surface area contributed by atoms with Crippen molar-refractivity contribution in [2.45, 2.75) is 32.5 Å². The molecule has 1 aliphatic heterocycles. The Balaban J connectivity index is 1.41. The minimum absolute atomic E-state index is 0.00132. The summed E-state index contributed by atoms with van der Waals surface area (Å²) in [6.45, 7) is 3.15. The van der Waals surface area contributed by atoms with Crippen LogP contribution in [0.3, 0.4) is 0 Å². The molecule has 0 radical (unpaired) electrons. The summed E-state index contributed by atoms with van der Waals surface area (Å²) in [6.07, 6.45) is 6.17. The zero-order valence-electron chi connectivity index (χ0n) is 16.4. The number of anilines is 3. The van der Waals surface area contributed by atoms with Crippen molar-refractivity contribution in [3.63, 3.8) is 0 Å². The van der Waals surface area contributed by atoms with Crippen molar-refractivity contribution >= 4 is 23.1 Å². The van der Waals surface area contributed by atoms with Gasteiger partial charge in [0.15, 0.2) is 0 Å². The molecule has 4 rings (SSSR count). The highest BCUT2D eigenvalue weighted by molar-refractivity contribution is 6.03. The number of carbonyl (C=O) groups excluding carboxylic acids is 1. The van der Waals surface area contributed by atoms with Gasteiger partial charge in [0.05, 0.1) is 30.3 Å². The zero-order valence-corrected chi connectivity index (χ0v) is 16.4. The van der Waals surface area contributed by atoms with Crippen molar-refractivity contribution in [3.05, 3.63) is 65.9 Å². The molecule has 8 heteroatoms. The summed E-state index contributed by atoms with van der Waals surface area (Å²) in [5, 5.41) is 10.6. The molecular weight excluding hydrogens is 371 g/mol. The maximum atomic E-state index is 13.0. The molecule has 1 unspecified atom stereocenters. The smallest absolute Gasteiger partial charge is 0.247 e. The van der Waals surface area contributed by atoms with E-state index in [0.29, 0.717) is 13.1 Å². The second-order valence-electron chi connectivity index (χ2n) is 7.14. The Morgan fingerprint density at radius 3 is 2.76 bits per heavy atom. The molecule has 1 aromatic carbocycles. The number of hydrogen-bond donors (Lipinski definition) is 2. The van der Waals surface area contributed by atoms with E-state index in [4.69, 9.17) is 0 Å². The Morgan fingerprint density at radius 2 is 2.00 bits per heavy atom. The summed E-state index contributed by atoms with van der Waals surface area (Å²) in [5.74, 6) is 0.485. The standard InChI is InChI=1S/C21H23FN6O/c1-3-18-21(29)26-17-11-24-20(8-19(17)27(18)2)23-9-15-10-25-28(13-15)12-14-4-6-16(22)7-5-14/h4-8,10-11,13,18H,3,9,12H2,1-2H3,(H,23,24)(H,26,29). The minimum atomic E-state index is -0.243. The van der Waals surface area contributed by atoms with Gasteiger partial charge in [-0.15, -0.1) is 0 Å². The largest absolute Gasteiger partial charge is 0.366 e. The number of aromatic nitrogens is 3. The van der Waals surface area contributed by atoms with Crippen LogP contribution in [-0.4, -0.2) is 33.8 Å². The summed E-state index contributed by atoms with van der Waals surface area (Å²) >= 11 is 0. The predicted molar refractivity (Wildman–Crippen MR) is 110 cm³/mol. The van der Waals surface area contributed by atoms with Crippen LogP contribution in [0, 0.1) is 5.82 Å². The van der Waals surface area contributed by atoms with Gasteiger partial charge in [0, 0.05) is 31.4 Å². The van der Waals surface area contributed by atoms with Gasteiger partial charge in [-0.2, -0.15) is 5.10 Å². The monoisotopic (exact) mass is 394 g/mol. The van der Waals surface area contributed by atoms with Gasteiger partial charge in [-0.1, -0.05) is 19.1 Å². The van der Waals surface area contributed by atoms with Crippen molar-refractivity contribution in [2.75, 3.05) is 22.6 Å². The lowest BCUT2D eigenvalue weighted by molar-refractivity contribution is -0.117. The highest BCUT2D eigenvalue weighted by Crippen LogP contribution is 2.33. The molecule has 1 amide bonds. The van der Waals surface area contributed by atoms with Crippen LogP contribution in [0.4, 0.5) is 21.6 Å². The number of hydrogen-bond acceptors (Lipinski definition) is 5. The highest BCUT2D eigenvalue weighted by atomic mass is 19.1. The second-order valence-corrected chi connectivity index (χ2v) is 7.14. The summed E-state index contributed by atoms with van der Waals surface area (Å²) in [6, 6.07) is 8.18.